The highest BCUT2D eigenvalue weighted by Crippen LogP contribution is 2.35. The molecule has 0 aliphatic heterocycles. The van der Waals surface area contributed by atoms with Crippen LogP contribution in [0.25, 0.3) is 0 Å². The Hall–Kier alpha value is -1.81. The zero-order valence-corrected chi connectivity index (χ0v) is 12.7. The number of hydrogen-bond donors (Lipinski definition) is 1. The molecule has 112 valence electrons. The molecule has 3 rings (SSSR count). The van der Waals surface area contributed by atoms with Crippen molar-refractivity contribution in [1.82, 2.24) is 14.9 Å². The van der Waals surface area contributed by atoms with Crippen LogP contribution in [0.2, 0.25) is 0 Å². The molecule has 1 aliphatic rings. The molecule has 0 bridgehead atoms. The smallest absolute Gasteiger partial charge is 0.119 e. The summed E-state index contributed by atoms with van der Waals surface area (Å²) in [4.78, 5) is 4.25. The number of aryl methyl sites for hydroxylation is 1. The van der Waals surface area contributed by atoms with Crippen LogP contribution in [0.5, 0.6) is 5.75 Å². The van der Waals surface area contributed by atoms with Crippen molar-refractivity contribution in [2.75, 3.05) is 6.61 Å². The fourth-order valence-electron chi connectivity index (χ4n) is 2.34. The first-order chi connectivity index (χ1) is 10.2. The van der Waals surface area contributed by atoms with E-state index in [9.17, 15) is 0 Å². The average Bonchev–Trinajstić information content (AvgIpc) is 3.23. The quantitative estimate of drug-likeness (QED) is 0.849. The lowest BCUT2D eigenvalue weighted by Gasteiger charge is -2.16. The molecule has 1 fully saturated rings. The molecule has 0 saturated heterocycles. The van der Waals surface area contributed by atoms with E-state index in [1.165, 1.54) is 24.1 Å². The average molecular weight is 285 g/mol. The number of ether oxygens (including phenoxy) is 1. The molecular formula is C17H23N3O. The van der Waals surface area contributed by atoms with Gasteiger partial charge in [0, 0.05) is 24.8 Å². The summed E-state index contributed by atoms with van der Waals surface area (Å²) in [6, 6.07) is 9.16. The van der Waals surface area contributed by atoms with E-state index in [-0.39, 0.29) is 0 Å². The van der Waals surface area contributed by atoms with E-state index in [1.54, 1.807) is 0 Å². The normalized spacial score (nSPS) is 15.9. The Balaban J connectivity index is 1.44. The van der Waals surface area contributed by atoms with Crippen LogP contribution in [0, 0.1) is 6.92 Å². The summed E-state index contributed by atoms with van der Waals surface area (Å²) in [5, 5.41) is 3.50. The summed E-state index contributed by atoms with van der Waals surface area (Å²) >= 11 is 0. The third kappa shape index (κ3) is 3.85. The maximum absolute atomic E-state index is 5.80. The molecule has 1 aliphatic carbocycles. The third-order valence-corrected chi connectivity index (χ3v) is 3.84. The molecule has 1 N–H and O–H groups in total. The second-order valence-electron chi connectivity index (χ2n) is 5.93. The molecule has 4 nitrogen and oxygen atoms in total. The topological polar surface area (TPSA) is 39.1 Å². The predicted molar refractivity (Wildman–Crippen MR) is 83.5 cm³/mol. The minimum Gasteiger partial charge on any atom is -0.492 e. The number of aromatic nitrogens is 2. The molecule has 0 radical (unpaired) electrons. The SMILES string of the molecule is Cc1ccc(OCC(C)NCc2cncn2C2CC2)cc1. The van der Waals surface area contributed by atoms with Gasteiger partial charge < -0.3 is 14.6 Å². The van der Waals surface area contributed by atoms with Gasteiger partial charge in [-0.15, -0.1) is 0 Å². The van der Waals surface area contributed by atoms with Gasteiger partial charge >= 0.3 is 0 Å². The molecule has 1 atom stereocenters. The lowest BCUT2D eigenvalue weighted by molar-refractivity contribution is 0.271. The van der Waals surface area contributed by atoms with Gasteiger partial charge in [0.1, 0.15) is 12.4 Å². The van der Waals surface area contributed by atoms with E-state index in [1.807, 2.05) is 24.7 Å². The van der Waals surface area contributed by atoms with E-state index in [4.69, 9.17) is 4.74 Å². The maximum Gasteiger partial charge on any atom is 0.119 e. The van der Waals surface area contributed by atoms with Gasteiger partial charge in [0.05, 0.1) is 12.0 Å². The minimum atomic E-state index is 0.300. The van der Waals surface area contributed by atoms with Crippen LogP contribution in [-0.2, 0) is 6.54 Å². The fraction of sp³-hybridized carbons (Fsp3) is 0.471. The predicted octanol–water partition coefficient (Wildman–Crippen LogP) is 3.08. The second-order valence-corrected chi connectivity index (χ2v) is 5.93. The summed E-state index contributed by atoms with van der Waals surface area (Å²) < 4.78 is 8.09. The highest BCUT2D eigenvalue weighted by atomic mass is 16.5. The van der Waals surface area contributed by atoms with Crippen molar-refractivity contribution in [2.24, 2.45) is 0 Å². The van der Waals surface area contributed by atoms with Gasteiger partial charge in [0.15, 0.2) is 0 Å². The van der Waals surface area contributed by atoms with Gasteiger partial charge in [0.25, 0.3) is 0 Å². The third-order valence-electron chi connectivity index (χ3n) is 3.84. The van der Waals surface area contributed by atoms with Crippen LogP contribution in [0.1, 0.15) is 37.1 Å². The lowest BCUT2D eigenvalue weighted by Crippen LogP contribution is -2.32. The van der Waals surface area contributed by atoms with E-state index in [0.29, 0.717) is 18.7 Å². The van der Waals surface area contributed by atoms with Crippen molar-refractivity contribution in [2.45, 2.75) is 45.3 Å². The van der Waals surface area contributed by atoms with Crippen LogP contribution in [-0.4, -0.2) is 22.2 Å². The molecular weight excluding hydrogens is 262 g/mol. The largest absolute Gasteiger partial charge is 0.492 e. The molecule has 0 amide bonds. The molecule has 21 heavy (non-hydrogen) atoms. The number of nitrogens with zero attached hydrogens (tertiary/aromatic N) is 2. The first-order valence-electron chi connectivity index (χ1n) is 7.66. The van der Waals surface area contributed by atoms with Gasteiger partial charge in [-0.3, -0.25) is 0 Å². The lowest BCUT2D eigenvalue weighted by atomic mass is 10.2. The fourth-order valence-corrected chi connectivity index (χ4v) is 2.34. The second kappa shape index (κ2) is 6.31. The highest BCUT2D eigenvalue weighted by molar-refractivity contribution is 5.26. The Bertz CT molecular complexity index is 572. The highest BCUT2D eigenvalue weighted by Gasteiger charge is 2.25. The Labute approximate surface area is 126 Å². The Morgan fingerprint density at radius 2 is 2.10 bits per heavy atom. The molecule has 1 unspecified atom stereocenters. The maximum atomic E-state index is 5.80. The summed E-state index contributed by atoms with van der Waals surface area (Å²) in [5.41, 5.74) is 2.52. The van der Waals surface area contributed by atoms with E-state index in [2.05, 4.69) is 40.8 Å². The van der Waals surface area contributed by atoms with Gasteiger partial charge in [-0.25, -0.2) is 4.98 Å². The molecule has 1 aromatic carbocycles. The summed E-state index contributed by atoms with van der Waals surface area (Å²) in [6.07, 6.45) is 6.48. The molecule has 1 heterocycles. The van der Waals surface area contributed by atoms with E-state index < -0.39 is 0 Å². The van der Waals surface area contributed by atoms with Crippen molar-refractivity contribution in [3.8, 4) is 5.75 Å². The van der Waals surface area contributed by atoms with Gasteiger partial charge in [-0.05, 0) is 38.8 Å². The number of imidazole rings is 1. The van der Waals surface area contributed by atoms with Crippen LogP contribution in [0.15, 0.2) is 36.8 Å². The number of nitrogens with one attached hydrogen (secondary N) is 1. The van der Waals surface area contributed by atoms with E-state index in [0.717, 1.165) is 12.3 Å². The number of benzene rings is 1. The summed E-state index contributed by atoms with van der Waals surface area (Å²) in [6.45, 7) is 5.73. The van der Waals surface area contributed by atoms with Gasteiger partial charge in [-0.2, -0.15) is 0 Å². The first kappa shape index (κ1) is 14.1. The van der Waals surface area contributed by atoms with Crippen molar-refractivity contribution in [3.63, 3.8) is 0 Å². The summed E-state index contributed by atoms with van der Waals surface area (Å²) in [5.74, 6) is 0.928. The standard InChI is InChI=1S/C17H23N3O/c1-13-3-7-17(8-4-13)21-11-14(2)19-10-16-9-18-12-20(16)15-5-6-15/h3-4,7-9,12,14-15,19H,5-6,10-11H2,1-2H3. The zero-order chi connectivity index (χ0) is 14.7. The Morgan fingerprint density at radius 1 is 1.33 bits per heavy atom. The summed E-state index contributed by atoms with van der Waals surface area (Å²) in [7, 11) is 0. The first-order valence-corrected chi connectivity index (χ1v) is 7.66. The Morgan fingerprint density at radius 3 is 2.81 bits per heavy atom. The van der Waals surface area contributed by atoms with E-state index >= 15 is 0 Å². The zero-order valence-electron chi connectivity index (χ0n) is 12.7. The molecule has 4 heteroatoms. The van der Waals surface area contributed by atoms with Crippen LogP contribution in [0.3, 0.4) is 0 Å². The minimum absolute atomic E-state index is 0.300. The molecule has 1 saturated carbocycles. The van der Waals surface area contributed by atoms with Gasteiger partial charge in [0.2, 0.25) is 0 Å². The van der Waals surface area contributed by atoms with Crippen LogP contribution >= 0.6 is 0 Å². The van der Waals surface area contributed by atoms with Crippen molar-refractivity contribution >= 4 is 0 Å². The van der Waals surface area contributed by atoms with Crippen molar-refractivity contribution in [3.05, 3.63) is 48.0 Å². The molecule has 2 aromatic rings. The van der Waals surface area contributed by atoms with Crippen LogP contribution < -0.4 is 10.1 Å². The van der Waals surface area contributed by atoms with Crippen molar-refractivity contribution < 1.29 is 4.74 Å². The Kier molecular flexibility index (Phi) is 4.25. The number of hydrogen-bond acceptors (Lipinski definition) is 3. The monoisotopic (exact) mass is 285 g/mol. The molecule has 1 aromatic heterocycles. The van der Waals surface area contributed by atoms with Crippen LogP contribution in [0.4, 0.5) is 0 Å². The molecule has 0 spiro atoms. The van der Waals surface area contributed by atoms with Crippen molar-refractivity contribution in [1.29, 1.82) is 0 Å². The number of rotatable bonds is 7. The van der Waals surface area contributed by atoms with Gasteiger partial charge in [-0.1, -0.05) is 17.7 Å².